The largest absolute Gasteiger partial charge is 0.465 e. The molecule has 4 heteroatoms. The van der Waals surface area contributed by atoms with Crippen LogP contribution < -0.4 is 0 Å². The Labute approximate surface area is 161 Å². The zero-order valence-corrected chi connectivity index (χ0v) is 16.0. The van der Waals surface area contributed by atoms with E-state index < -0.39 is 11.2 Å². The van der Waals surface area contributed by atoms with Crippen molar-refractivity contribution in [1.82, 2.24) is 0 Å². The molecular weight excluding hydrogens is 360 g/mol. The van der Waals surface area contributed by atoms with Crippen molar-refractivity contribution in [2.24, 2.45) is 0 Å². The normalized spacial score (nSPS) is 11.3. The van der Waals surface area contributed by atoms with E-state index in [1.807, 2.05) is 50.2 Å². The van der Waals surface area contributed by atoms with Gasteiger partial charge in [-0.3, -0.25) is 4.79 Å². The Morgan fingerprint density at radius 1 is 0.815 bits per heavy atom. The Bertz CT molecular complexity index is 1270. The molecule has 4 rings (SSSR count). The van der Waals surface area contributed by atoms with Gasteiger partial charge in [0, 0.05) is 5.56 Å². The zero-order chi connectivity index (χ0) is 19.3. The first-order valence-corrected chi connectivity index (χ1v) is 8.98. The summed E-state index contributed by atoms with van der Waals surface area (Å²) in [6, 6.07) is 15.3. The van der Waals surface area contributed by atoms with Crippen LogP contribution in [0.2, 0.25) is 0 Å². The molecular formula is C23H17ClO3. The molecule has 0 saturated carbocycles. The SMILES string of the molecule is COC(=O)c1cc2cc(C(=O)Cl)c3cccc(C)c3c2c2c(C)cccc12. The molecule has 0 aliphatic heterocycles. The molecule has 0 heterocycles. The van der Waals surface area contributed by atoms with E-state index in [2.05, 4.69) is 0 Å². The van der Waals surface area contributed by atoms with E-state index in [-0.39, 0.29) is 0 Å². The smallest absolute Gasteiger partial charge is 0.338 e. The van der Waals surface area contributed by atoms with Crippen molar-refractivity contribution in [1.29, 1.82) is 0 Å². The highest BCUT2D eigenvalue weighted by Gasteiger charge is 2.19. The highest BCUT2D eigenvalue weighted by molar-refractivity contribution is 6.69. The van der Waals surface area contributed by atoms with Crippen LogP contribution in [-0.4, -0.2) is 18.3 Å². The lowest BCUT2D eigenvalue weighted by atomic mass is 9.88. The van der Waals surface area contributed by atoms with Crippen molar-refractivity contribution >= 4 is 55.1 Å². The van der Waals surface area contributed by atoms with Crippen molar-refractivity contribution in [3.63, 3.8) is 0 Å². The molecule has 3 nitrogen and oxygen atoms in total. The molecule has 0 aliphatic rings. The van der Waals surface area contributed by atoms with Crippen LogP contribution >= 0.6 is 11.6 Å². The second-order valence-electron chi connectivity index (χ2n) is 6.71. The third kappa shape index (κ3) is 2.58. The molecule has 134 valence electrons. The summed E-state index contributed by atoms with van der Waals surface area (Å²) in [5.74, 6) is -0.406. The third-order valence-corrected chi connectivity index (χ3v) is 5.33. The summed E-state index contributed by atoms with van der Waals surface area (Å²) in [6.07, 6.45) is 0. The number of methoxy groups -OCH3 is 1. The van der Waals surface area contributed by atoms with Gasteiger partial charge in [0.05, 0.1) is 12.7 Å². The lowest BCUT2D eigenvalue weighted by Crippen LogP contribution is -2.04. The van der Waals surface area contributed by atoms with E-state index in [0.717, 1.165) is 43.4 Å². The second-order valence-corrected chi connectivity index (χ2v) is 7.05. The second kappa shape index (κ2) is 6.36. The number of benzene rings is 4. The van der Waals surface area contributed by atoms with Crippen LogP contribution in [-0.2, 0) is 4.74 Å². The summed E-state index contributed by atoms with van der Waals surface area (Å²) < 4.78 is 4.99. The summed E-state index contributed by atoms with van der Waals surface area (Å²) in [6.45, 7) is 4.04. The van der Waals surface area contributed by atoms with Crippen molar-refractivity contribution < 1.29 is 14.3 Å². The van der Waals surface area contributed by atoms with Crippen molar-refractivity contribution in [2.45, 2.75) is 13.8 Å². The topological polar surface area (TPSA) is 43.4 Å². The number of ether oxygens (including phenoxy) is 1. The predicted octanol–water partition coefficient (Wildman–Crippen LogP) is 5.93. The highest BCUT2D eigenvalue weighted by Crippen LogP contribution is 2.39. The molecule has 4 aromatic rings. The number of hydrogen-bond donors (Lipinski definition) is 0. The van der Waals surface area contributed by atoms with Gasteiger partial charge in [0.15, 0.2) is 0 Å². The summed E-state index contributed by atoms with van der Waals surface area (Å²) in [5, 5.41) is 4.92. The summed E-state index contributed by atoms with van der Waals surface area (Å²) in [4.78, 5) is 24.5. The fraction of sp³-hybridized carbons (Fsp3) is 0.130. The molecule has 4 aromatic carbocycles. The fourth-order valence-electron chi connectivity index (χ4n) is 3.96. The van der Waals surface area contributed by atoms with Crippen LogP contribution in [0.15, 0.2) is 48.5 Å². The van der Waals surface area contributed by atoms with Gasteiger partial charge in [-0.05, 0) is 81.0 Å². The van der Waals surface area contributed by atoms with E-state index >= 15 is 0 Å². The minimum Gasteiger partial charge on any atom is -0.465 e. The van der Waals surface area contributed by atoms with E-state index in [1.165, 1.54) is 7.11 Å². The van der Waals surface area contributed by atoms with Gasteiger partial charge in [0.2, 0.25) is 0 Å². The monoisotopic (exact) mass is 376 g/mol. The summed E-state index contributed by atoms with van der Waals surface area (Å²) in [5.41, 5.74) is 3.02. The molecule has 0 saturated heterocycles. The first-order valence-electron chi connectivity index (χ1n) is 8.60. The Balaban J connectivity index is 2.38. The van der Waals surface area contributed by atoms with Crippen molar-refractivity contribution in [2.75, 3.05) is 7.11 Å². The molecule has 0 fully saturated rings. The average molecular weight is 377 g/mol. The summed E-state index contributed by atoms with van der Waals surface area (Å²) in [7, 11) is 1.37. The molecule has 0 N–H and O–H groups in total. The molecule has 0 spiro atoms. The van der Waals surface area contributed by atoms with E-state index in [9.17, 15) is 9.59 Å². The maximum absolute atomic E-state index is 12.4. The van der Waals surface area contributed by atoms with Crippen LogP contribution in [0.3, 0.4) is 0 Å². The molecule has 0 bridgehead atoms. The lowest BCUT2D eigenvalue weighted by Gasteiger charge is -2.16. The van der Waals surface area contributed by atoms with Gasteiger partial charge in [0.25, 0.3) is 5.24 Å². The zero-order valence-electron chi connectivity index (χ0n) is 15.2. The molecule has 27 heavy (non-hydrogen) atoms. The maximum Gasteiger partial charge on any atom is 0.338 e. The number of aryl methyl sites for hydroxylation is 2. The number of fused-ring (bicyclic) bond motifs is 5. The van der Waals surface area contributed by atoms with Gasteiger partial charge in [0.1, 0.15) is 0 Å². The third-order valence-electron chi connectivity index (χ3n) is 5.13. The first kappa shape index (κ1) is 17.5. The van der Waals surface area contributed by atoms with Gasteiger partial charge in [-0.2, -0.15) is 0 Å². The molecule has 0 aliphatic carbocycles. The Morgan fingerprint density at radius 2 is 1.33 bits per heavy atom. The number of rotatable bonds is 2. The Morgan fingerprint density at radius 3 is 1.85 bits per heavy atom. The van der Waals surface area contributed by atoms with Gasteiger partial charge in [-0.15, -0.1) is 0 Å². The van der Waals surface area contributed by atoms with Gasteiger partial charge in [-0.25, -0.2) is 4.79 Å². The number of carbonyl (C=O) groups excluding carboxylic acids is 2. The fourth-order valence-corrected chi connectivity index (χ4v) is 4.11. The minimum absolute atomic E-state index is 0.406. The van der Waals surface area contributed by atoms with Crippen LogP contribution in [0.1, 0.15) is 31.8 Å². The van der Waals surface area contributed by atoms with Crippen LogP contribution in [0, 0.1) is 13.8 Å². The quantitative estimate of drug-likeness (QED) is 0.247. The van der Waals surface area contributed by atoms with E-state index in [1.54, 1.807) is 12.1 Å². The molecule has 0 amide bonds. The molecule has 0 unspecified atom stereocenters. The highest BCUT2D eigenvalue weighted by atomic mass is 35.5. The van der Waals surface area contributed by atoms with Gasteiger partial charge in [-0.1, -0.05) is 36.4 Å². The van der Waals surface area contributed by atoms with Crippen LogP contribution in [0.25, 0.3) is 32.3 Å². The molecule has 0 radical (unpaired) electrons. The van der Waals surface area contributed by atoms with Gasteiger partial charge < -0.3 is 4.74 Å². The van der Waals surface area contributed by atoms with Crippen molar-refractivity contribution in [3.05, 3.63) is 70.8 Å². The lowest BCUT2D eigenvalue weighted by molar-refractivity contribution is 0.0603. The van der Waals surface area contributed by atoms with Crippen molar-refractivity contribution in [3.8, 4) is 0 Å². The summed E-state index contributed by atoms with van der Waals surface area (Å²) >= 11 is 5.88. The average Bonchev–Trinajstić information content (AvgIpc) is 2.66. The number of hydrogen-bond acceptors (Lipinski definition) is 3. The van der Waals surface area contributed by atoms with Crippen LogP contribution in [0.5, 0.6) is 0 Å². The molecule has 0 aromatic heterocycles. The number of halogens is 1. The standard InChI is InChI=1S/C23H17ClO3/c1-12-6-4-8-15-17(22(24)25)10-14-11-18(23(26)27-3)16-9-5-7-13(2)20(16)21(14)19(12)15/h4-11H,1-3H3. The van der Waals surface area contributed by atoms with E-state index in [0.29, 0.717) is 11.1 Å². The number of esters is 1. The predicted molar refractivity (Wildman–Crippen MR) is 110 cm³/mol. The Kier molecular flexibility index (Phi) is 4.12. The van der Waals surface area contributed by atoms with Crippen LogP contribution in [0.4, 0.5) is 0 Å². The minimum atomic E-state index is -0.517. The molecule has 0 atom stereocenters. The van der Waals surface area contributed by atoms with E-state index in [4.69, 9.17) is 16.3 Å². The first-order chi connectivity index (χ1) is 12.9. The Hall–Kier alpha value is -2.91. The van der Waals surface area contributed by atoms with Gasteiger partial charge >= 0.3 is 5.97 Å². The maximum atomic E-state index is 12.4. The number of carbonyl (C=O) groups is 2.